The Hall–Kier alpha value is -0.610. The molecule has 0 bridgehead atoms. The van der Waals surface area contributed by atoms with Crippen LogP contribution in [0.25, 0.3) is 0 Å². The second-order valence-corrected chi connectivity index (χ2v) is 3.45. The van der Waals surface area contributed by atoms with Crippen molar-refractivity contribution in [3.05, 3.63) is 0 Å². The van der Waals surface area contributed by atoms with Crippen LogP contribution in [0.15, 0.2) is 0 Å². The molecule has 4 nitrogen and oxygen atoms in total. The van der Waals surface area contributed by atoms with E-state index in [-0.39, 0.29) is 11.6 Å². The van der Waals surface area contributed by atoms with Gasteiger partial charge in [-0.3, -0.25) is 10.1 Å². The summed E-state index contributed by atoms with van der Waals surface area (Å²) in [4.78, 5) is 13.1. The fourth-order valence-electron chi connectivity index (χ4n) is 1.94. The molecule has 0 aromatic carbocycles. The fourth-order valence-corrected chi connectivity index (χ4v) is 1.94. The molecule has 0 radical (unpaired) electrons. The molecule has 2 heterocycles. The van der Waals surface area contributed by atoms with E-state index in [0.717, 1.165) is 26.1 Å². The summed E-state index contributed by atoms with van der Waals surface area (Å²) in [5, 5.41) is 3.27. The Morgan fingerprint density at radius 2 is 2.17 bits per heavy atom. The van der Waals surface area contributed by atoms with E-state index in [9.17, 15) is 4.79 Å². The highest BCUT2D eigenvalue weighted by Gasteiger charge is 2.43. The molecule has 0 unspecified atom stereocenters. The van der Waals surface area contributed by atoms with Gasteiger partial charge in [0.05, 0.1) is 25.4 Å². The molecule has 1 spiro atoms. The molecule has 0 aromatic heterocycles. The number of ether oxygens (including phenoxy) is 1. The maximum atomic E-state index is 11.3. The van der Waals surface area contributed by atoms with E-state index in [1.807, 2.05) is 11.9 Å². The van der Waals surface area contributed by atoms with Gasteiger partial charge in [-0.2, -0.15) is 0 Å². The third-order valence-electron chi connectivity index (χ3n) is 2.90. The molecule has 1 amide bonds. The van der Waals surface area contributed by atoms with Crippen molar-refractivity contribution < 1.29 is 9.53 Å². The van der Waals surface area contributed by atoms with E-state index in [1.54, 1.807) is 0 Å². The molecule has 0 atom stereocenters. The largest absolute Gasteiger partial charge is 0.381 e. The van der Waals surface area contributed by atoms with Crippen molar-refractivity contribution in [2.24, 2.45) is 0 Å². The van der Waals surface area contributed by atoms with Crippen molar-refractivity contribution in [1.29, 1.82) is 0 Å². The van der Waals surface area contributed by atoms with Crippen molar-refractivity contribution >= 4 is 5.91 Å². The van der Waals surface area contributed by atoms with Gasteiger partial charge in [-0.1, -0.05) is 0 Å². The zero-order valence-electron chi connectivity index (χ0n) is 7.30. The van der Waals surface area contributed by atoms with Crippen LogP contribution in [0.5, 0.6) is 0 Å². The number of nitrogens with zero attached hydrogens (tertiary/aromatic N) is 1. The number of rotatable bonds is 0. The Labute approximate surface area is 71.9 Å². The van der Waals surface area contributed by atoms with Crippen LogP contribution in [0.2, 0.25) is 0 Å². The lowest BCUT2D eigenvalue weighted by atomic mass is 10.0. The summed E-state index contributed by atoms with van der Waals surface area (Å²) in [5.41, 5.74) is -0.0880. The molecule has 2 rings (SSSR count). The van der Waals surface area contributed by atoms with Crippen LogP contribution in [0, 0.1) is 0 Å². The summed E-state index contributed by atoms with van der Waals surface area (Å²) in [7, 11) is 1.87. The van der Waals surface area contributed by atoms with Crippen LogP contribution in [0.4, 0.5) is 0 Å². The molecule has 1 N–H and O–H groups in total. The van der Waals surface area contributed by atoms with Gasteiger partial charge >= 0.3 is 0 Å². The summed E-state index contributed by atoms with van der Waals surface area (Å²) in [6, 6.07) is 0. The zero-order valence-corrected chi connectivity index (χ0v) is 7.30. The molecule has 2 aliphatic heterocycles. The summed E-state index contributed by atoms with van der Waals surface area (Å²) in [6.45, 7) is 1.99. The predicted octanol–water partition coefficient (Wildman–Crippen LogP) is -0.445. The lowest BCUT2D eigenvalue weighted by molar-refractivity contribution is -0.131. The van der Waals surface area contributed by atoms with Crippen molar-refractivity contribution in [3.63, 3.8) is 0 Å². The molecule has 4 heteroatoms. The average Bonchev–Trinajstić information content (AvgIpc) is 2.37. The summed E-state index contributed by atoms with van der Waals surface area (Å²) in [5.74, 6) is 0.192. The SMILES string of the molecule is CN1C(=O)CNC12CCOCC2. The van der Waals surface area contributed by atoms with Gasteiger partial charge in [0.2, 0.25) is 5.91 Å². The minimum Gasteiger partial charge on any atom is -0.381 e. The Bertz CT molecular complexity index is 199. The first-order valence-electron chi connectivity index (χ1n) is 4.34. The monoisotopic (exact) mass is 170 g/mol. The molecule has 68 valence electrons. The van der Waals surface area contributed by atoms with E-state index >= 15 is 0 Å². The number of nitrogens with one attached hydrogen (secondary N) is 1. The first-order valence-corrected chi connectivity index (χ1v) is 4.34. The predicted molar refractivity (Wildman–Crippen MR) is 43.6 cm³/mol. The minimum atomic E-state index is -0.0880. The van der Waals surface area contributed by atoms with E-state index < -0.39 is 0 Å². The minimum absolute atomic E-state index is 0.0880. The average molecular weight is 170 g/mol. The molecular weight excluding hydrogens is 156 g/mol. The third kappa shape index (κ3) is 1.03. The first kappa shape index (κ1) is 8.01. The number of carbonyl (C=O) groups excluding carboxylic acids is 1. The number of hydrogen-bond donors (Lipinski definition) is 1. The number of hydrogen-bond acceptors (Lipinski definition) is 3. The molecule has 2 fully saturated rings. The Morgan fingerprint density at radius 3 is 2.67 bits per heavy atom. The van der Waals surface area contributed by atoms with Gasteiger partial charge in [0.1, 0.15) is 0 Å². The van der Waals surface area contributed by atoms with E-state index in [0.29, 0.717) is 6.54 Å². The summed E-state index contributed by atoms with van der Waals surface area (Å²) < 4.78 is 5.26. The second kappa shape index (κ2) is 2.71. The number of carbonyl (C=O) groups is 1. The van der Waals surface area contributed by atoms with Crippen molar-refractivity contribution in [1.82, 2.24) is 10.2 Å². The van der Waals surface area contributed by atoms with E-state index in [4.69, 9.17) is 4.74 Å². The zero-order chi connectivity index (χ0) is 8.60. The van der Waals surface area contributed by atoms with Crippen molar-refractivity contribution in [3.8, 4) is 0 Å². The van der Waals surface area contributed by atoms with E-state index in [2.05, 4.69) is 5.32 Å². The van der Waals surface area contributed by atoms with Crippen LogP contribution in [-0.2, 0) is 9.53 Å². The Balaban J connectivity index is 2.14. The molecule has 0 saturated carbocycles. The van der Waals surface area contributed by atoms with Crippen LogP contribution in [-0.4, -0.2) is 43.3 Å². The smallest absolute Gasteiger partial charge is 0.237 e. The maximum Gasteiger partial charge on any atom is 0.237 e. The topological polar surface area (TPSA) is 41.6 Å². The summed E-state index contributed by atoms with van der Waals surface area (Å²) in [6.07, 6.45) is 1.82. The van der Waals surface area contributed by atoms with Crippen molar-refractivity contribution in [2.45, 2.75) is 18.5 Å². The highest BCUT2D eigenvalue weighted by atomic mass is 16.5. The van der Waals surface area contributed by atoms with Gasteiger partial charge in [0.25, 0.3) is 0 Å². The number of likely N-dealkylation sites (N-methyl/N-ethyl adjacent to an activating group) is 1. The first-order chi connectivity index (χ1) is 5.75. The molecule has 2 aliphatic rings. The summed E-state index contributed by atoms with van der Waals surface area (Å²) >= 11 is 0. The van der Waals surface area contributed by atoms with E-state index in [1.165, 1.54) is 0 Å². The maximum absolute atomic E-state index is 11.3. The van der Waals surface area contributed by atoms with Gasteiger partial charge in [-0.25, -0.2) is 0 Å². The van der Waals surface area contributed by atoms with Gasteiger partial charge in [-0.05, 0) is 0 Å². The van der Waals surface area contributed by atoms with Gasteiger partial charge in [0.15, 0.2) is 0 Å². The lowest BCUT2D eigenvalue weighted by Gasteiger charge is -2.38. The van der Waals surface area contributed by atoms with Gasteiger partial charge in [0, 0.05) is 19.9 Å². The standard InChI is InChI=1S/C8H14N2O2/c1-10-7(11)6-9-8(10)2-4-12-5-3-8/h9H,2-6H2,1H3. The molecule has 12 heavy (non-hydrogen) atoms. The molecule has 0 aromatic rings. The van der Waals surface area contributed by atoms with Crippen molar-refractivity contribution in [2.75, 3.05) is 26.8 Å². The van der Waals surface area contributed by atoms with Crippen LogP contribution < -0.4 is 5.32 Å². The Kier molecular flexibility index (Phi) is 1.81. The highest BCUT2D eigenvalue weighted by molar-refractivity contribution is 5.81. The second-order valence-electron chi connectivity index (χ2n) is 3.45. The fraction of sp³-hybridized carbons (Fsp3) is 0.875. The quantitative estimate of drug-likeness (QED) is 0.535. The molecule has 2 saturated heterocycles. The molecular formula is C8H14N2O2. The van der Waals surface area contributed by atoms with Crippen LogP contribution in [0.3, 0.4) is 0 Å². The molecule has 0 aliphatic carbocycles. The van der Waals surface area contributed by atoms with Crippen LogP contribution >= 0.6 is 0 Å². The normalized spacial score (nSPS) is 28.4. The lowest BCUT2D eigenvalue weighted by Crippen LogP contribution is -2.53. The highest BCUT2D eigenvalue weighted by Crippen LogP contribution is 2.27. The van der Waals surface area contributed by atoms with Crippen LogP contribution in [0.1, 0.15) is 12.8 Å². The van der Waals surface area contributed by atoms with Gasteiger partial charge in [-0.15, -0.1) is 0 Å². The third-order valence-corrected chi connectivity index (χ3v) is 2.90. The Morgan fingerprint density at radius 1 is 1.50 bits per heavy atom. The van der Waals surface area contributed by atoms with Gasteiger partial charge < -0.3 is 9.64 Å². The number of amides is 1.